The second kappa shape index (κ2) is 34.9. The van der Waals surface area contributed by atoms with Gasteiger partial charge in [-0.2, -0.15) is 0 Å². The molecule has 296 valence electrons. The van der Waals surface area contributed by atoms with E-state index in [9.17, 15) is 14.3 Å². The standard InChI is InChI=1S/C41H80NO7P/c1-6-8-10-12-14-16-18-20-21-22-23-25-27-29-31-33-36-46-38-40(39-48-50(44,45)47-37-35-42(3,4)5)49-41(43)34-32-30-28-26-24-19-17-15-13-11-9-7-2/h16,18,33,36,40H,6-15,17,19-32,34-35,37-39H2,1-5H3/p+1/b18-16-,36-33-/t40-/m1/s1. The third-order valence-corrected chi connectivity index (χ3v) is 9.81. The largest absolute Gasteiger partial charge is 0.498 e. The Bertz CT molecular complexity index is 858. The zero-order valence-electron chi connectivity index (χ0n) is 33.4. The number of rotatable bonds is 38. The molecule has 9 heteroatoms. The molecule has 1 unspecified atom stereocenters. The molecule has 0 saturated heterocycles. The summed E-state index contributed by atoms with van der Waals surface area (Å²) >= 11 is 0. The summed E-state index contributed by atoms with van der Waals surface area (Å²) in [6.45, 7) is 4.91. The smallest absolute Gasteiger partial charge is 0.472 e. The van der Waals surface area contributed by atoms with Crippen LogP contribution in [0, 0.1) is 0 Å². The molecule has 0 saturated carbocycles. The molecule has 0 aliphatic carbocycles. The van der Waals surface area contributed by atoms with Gasteiger partial charge < -0.3 is 18.9 Å². The van der Waals surface area contributed by atoms with Crippen molar-refractivity contribution >= 4 is 13.8 Å². The van der Waals surface area contributed by atoms with Gasteiger partial charge in [0.25, 0.3) is 0 Å². The maximum atomic E-state index is 12.6. The summed E-state index contributed by atoms with van der Waals surface area (Å²) in [7, 11) is 1.64. The summed E-state index contributed by atoms with van der Waals surface area (Å²) in [5, 5.41) is 0. The minimum Gasteiger partial charge on any atom is -0.498 e. The zero-order chi connectivity index (χ0) is 37.0. The molecule has 0 aromatic heterocycles. The molecule has 0 aliphatic rings. The van der Waals surface area contributed by atoms with Crippen LogP contribution in [0.1, 0.15) is 181 Å². The predicted molar refractivity (Wildman–Crippen MR) is 210 cm³/mol. The van der Waals surface area contributed by atoms with Crippen molar-refractivity contribution in [1.29, 1.82) is 0 Å². The second-order valence-corrected chi connectivity index (χ2v) is 16.5. The Kier molecular flexibility index (Phi) is 34.1. The highest BCUT2D eigenvalue weighted by Crippen LogP contribution is 2.43. The van der Waals surface area contributed by atoms with Gasteiger partial charge in [-0.3, -0.25) is 13.8 Å². The van der Waals surface area contributed by atoms with Gasteiger partial charge in [0.1, 0.15) is 19.8 Å². The van der Waals surface area contributed by atoms with Crippen LogP contribution in [0.4, 0.5) is 0 Å². The van der Waals surface area contributed by atoms with Crippen LogP contribution in [0.15, 0.2) is 24.5 Å². The lowest BCUT2D eigenvalue weighted by Crippen LogP contribution is -2.37. The second-order valence-electron chi connectivity index (χ2n) is 15.1. The van der Waals surface area contributed by atoms with Crippen molar-refractivity contribution in [3.05, 3.63) is 24.5 Å². The quantitative estimate of drug-likeness (QED) is 0.0169. The Morgan fingerprint density at radius 3 is 1.56 bits per heavy atom. The number of carbonyl (C=O) groups excluding carboxylic acids is 1. The van der Waals surface area contributed by atoms with Crippen LogP contribution in [0.25, 0.3) is 0 Å². The molecule has 0 aromatic rings. The van der Waals surface area contributed by atoms with Crippen molar-refractivity contribution in [3.8, 4) is 0 Å². The molecule has 2 atom stereocenters. The first kappa shape index (κ1) is 48.8. The number of carbonyl (C=O) groups is 1. The number of unbranched alkanes of at least 4 members (excludes halogenated alkanes) is 22. The van der Waals surface area contributed by atoms with Crippen molar-refractivity contribution < 1.29 is 37.3 Å². The number of esters is 1. The molecule has 0 radical (unpaired) electrons. The van der Waals surface area contributed by atoms with E-state index in [4.69, 9.17) is 18.5 Å². The van der Waals surface area contributed by atoms with Gasteiger partial charge in [-0.15, -0.1) is 0 Å². The van der Waals surface area contributed by atoms with Crippen molar-refractivity contribution in [1.82, 2.24) is 0 Å². The summed E-state index contributed by atoms with van der Waals surface area (Å²) in [5.74, 6) is -0.338. The topological polar surface area (TPSA) is 91.3 Å². The average Bonchev–Trinajstić information content (AvgIpc) is 3.06. The Hall–Kier alpha value is -1.18. The van der Waals surface area contributed by atoms with Crippen LogP contribution in [0.2, 0.25) is 0 Å². The van der Waals surface area contributed by atoms with Crippen LogP contribution in [0.5, 0.6) is 0 Å². The SMILES string of the molecule is CCCCCC/C=C\CCCCCCCC/C=C\OC[C@H](COP(=O)(O)OCC[N+](C)(C)C)OC(=O)CCCCCCCCCCCCCC. The van der Waals surface area contributed by atoms with Crippen LogP contribution in [-0.4, -0.2) is 69.0 Å². The fourth-order valence-corrected chi connectivity index (χ4v) is 6.31. The molecule has 0 fully saturated rings. The molecule has 0 rings (SSSR count). The number of nitrogens with zero attached hydrogens (tertiary/aromatic N) is 1. The van der Waals surface area contributed by atoms with Gasteiger partial charge in [0, 0.05) is 6.42 Å². The van der Waals surface area contributed by atoms with Gasteiger partial charge >= 0.3 is 13.8 Å². The first-order chi connectivity index (χ1) is 24.1. The van der Waals surface area contributed by atoms with E-state index in [1.54, 1.807) is 6.26 Å². The highest BCUT2D eigenvalue weighted by atomic mass is 31.2. The maximum Gasteiger partial charge on any atom is 0.472 e. The first-order valence-corrected chi connectivity index (χ1v) is 22.1. The minimum atomic E-state index is -4.28. The van der Waals surface area contributed by atoms with Crippen molar-refractivity contribution in [2.75, 3.05) is 47.5 Å². The third-order valence-electron chi connectivity index (χ3n) is 8.83. The summed E-state index contributed by atoms with van der Waals surface area (Å²) in [5.41, 5.74) is 0. The Morgan fingerprint density at radius 2 is 1.06 bits per heavy atom. The molecule has 0 heterocycles. The zero-order valence-corrected chi connectivity index (χ0v) is 34.3. The Morgan fingerprint density at radius 1 is 0.620 bits per heavy atom. The average molecular weight is 731 g/mol. The fraction of sp³-hybridized carbons (Fsp3) is 0.878. The van der Waals surface area contributed by atoms with Crippen LogP contribution in [0.3, 0.4) is 0 Å². The number of likely N-dealkylation sites (N-methyl/N-ethyl adjacent to an activating group) is 1. The van der Waals surface area contributed by atoms with E-state index in [1.165, 1.54) is 128 Å². The number of hydrogen-bond acceptors (Lipinski definition) is 6. The van der Waals surface area contributed by atoms with Crippen LogP contribution in [-0.2, 0) is 27.9 Å². The normalized spacial score (nSPS) is 14.0. The van der Waals surface area contributed by atoms with E-state index in [0.717, 1.165) is 32.1 Å². The molecular formula is C41H81NO7P+. The molecular weight excluding hydrogens is 649 g/mol. The minimum absolute atomic E-state index is 0.0484. The number of quaternary nitrogens is 1. The van der Waals surface area contributed by atoms with Crippen molar-refractivity contribution in [2.45, 2.75) is 187 Å². The van der Waals surface area contributed by atoms with E-state index in [-0.39, 0.29) is 25.8 Å². The highest BCUT2D eigenvalue weighted by Gasteiger charge is 2.26. The lowest BCUT2D eigenvalue weighted by atomic mass is 10.0. The van der Waals surface area contributed by atoms with E-state index in [0.29, 0.717) is 17.4 Å². The van der Waals surface area contributed by atoms with E-state index < -0.39 is 13.9 Å². The molecule has 0 aromatic carbocycles. The summed E-state index contributed by atoms with van der Waals surface area (Å²) in [6, 6.07) is 0. The van der Waals surface area contributed by atoms with Crippen LogP contribution < -0.4 is 0 Å². The van der Waals surface area contributed by atoms with Gasteiger partial charge in [0.2, 0.25) is 0 Å². The predicted octanol–water partition coefficient (Wildman–Crippen LogP) is 12.0. The van der Waals surface area contributed by atoms with Gasteiger partial charge in [0.15, 0.2) is 6.10 Å². The summed E-state index contributed by atoms with van der Waals surface area (Å²) in [4.78, 5) is 22.8. The third kappa shape index (κ3) is 38.1. The van der Waals surface area contributed by atoms with Crippen LogP contribution >= 0.6 is 7.82 Å². The monoisotopic (exact) mass is 731 g/mol. The molecule has 1 N–H and O–H groups in total. The maximum absolute atomic E-state index is 12.6. The molecule has 8 nitrogen and oxygen atoms in total. The van der Waals surface area contributed by atoms with E-state index in [2.05, 4.69) is 26.0 Å². The first-order valence-electron chi connectivity index (χ1n) is 20.6. The van der Waals surface area contributed by atoms with E-state index >= 15 is 0 Å². The molecule has 50 heavy (non-hydrogen) atoms. The van der Waals surface area contributed by atoms with Gasteiger partial charge in [-0.25, -0.2) is 4.57 Å². The lowest BCUT2D eigenvalue weighted by molar-refractivity contribution is -0.870. The van der Waals surface area contributed by atoms with Gasteiger partial charge in [-0.1, -0.05) is 142 Å². The number of phosphoric acid groups is 1. The van der Waals surface area contributed by atoms with Gasteiger partial charge in [-0.05, 0) is 51.0 Å². The fourth-order valence-electron chi connectivity index (χ4n) is 5.57. The number of hydrogen-bond donors (Lipinski definition) is 1. The van der Waals surface area contributed by atoms with Gasteiger partial charge in [0.05, 0.1) is 34.0 Å². The number of phosphoric ester groups is 1. The number of allylic oxidation sites excluding steroid dienone is 3. The lowest BCUT2D eigenvalue weighted by Gasteiger charge is -2.24. The summed E-state index contributed by atoms with van der Waals surface area (Å²) in [6.07, 6.45) is 38.7. The van der Waals surface area contributed by atoms with Crippen molar-refractivity contribution in [3.63, 3.8) is 0 Å². The van der Waals surface area contributed by atoms with E-state index in [1.807, 2.05) is 27.2 Å². The summed E-state index contributed by atoms with van der Waals surface area (Å²) < 4.78 is 34.6. The van der Waals surface area contributed by atoms with Crippen molar-refractivity contribution in [2.24, 2.45) is 0 Å². The number of ether oxygens (including phenoxy) is 2. The molecule has 0 aliphatic heterocycles. The molecule has 0 amide bonds. The Balaban J connectivity index is 4.31. The molecule has 0 spiro atoms. The highest BCUT2D eigenvalue weighted by molar-refractivity contribution is 7.47. The molecule has 0 bridgehead atoms. The Labute approximate surface area is 309 Å².